The van der Waals surface area contributed by atoms with Crippen LogP contribution in [-0.2, 0) is 11.2 Å². The van der Waals surface area contributed by atoms with Gasteiger partial charge in [0.15, 0.2) is 11.5 Å². The third-order valence-corrected chi connectivity index (χ3v) is 5.20. The van der Waals surface area contributed by atoms with E-state index in [0.29, 0.717) is 25.9 Å². The molecule has 0 aromatic heterocycles. The van der Waals surface area contributed by atoms with E-state index in [9.17, 15) is 0 Å². The highest BCUT2D eigenvalue weighted by molar-refractivity contribution is 5.55. The van der Waals surface area contributed by atoms with Crippen LogP contribution in [0.25, 0.3) is 0 Å². The minimum absolute atomic E-state index is 0.514. The second kappa shape index (κ2) is 11.0. The Morgan fingerprint density at radius 1 is 0.893 bits per heavy atom. The van der Waals surface area contributed by atoms with Crippen molar-refractivity contribution in [2.75, 3.05) is 32.2 Å². The van der Waals surface area contributed by atoms with E-state index >= 15 is 0 Å². The van der Waals surface area contributed by atoms with Crippen molar-refractivity contribution in [3.05, 3.63) is 53.6 Å². The number of methoxy groups -OCH3 is 1. The van der Waals surface area contributed by atoms with Gasteiger partial charge in [0.25, 0.3) is 0 Å². The number of ether oxygens (including phenoxy) is 3. The normalized spacial score (nSPS) is 14.6. The van der Waals surface area contributed by atoms with Crippen LogP contribution >= 0.6 is 0 Å². The molecule has 0 unspecified atom stereocenters. The SMILES string of the molecule is COCCOc1ccc(NC2CCCCC2)cc1OCCc1cccc(C)c1. The van der Waals surface area contributed by atoms with Crippen molar-refractivity contribution in [2.24, 2.45) is 0 Å². The zero-order chi connectivity index (χ0) is 19.6. The van der Waals surface area contributed by atoms with Crippen molar-refractivity contribution in [1.82, 2.24) is 0 Å². The minimum Gasteiger partial charge on any atom is -0.489 e. The van der Waals surface area contributed by atoms with E-state index in [1.54, 1.807) is 7.11 Å². The van der Waals surface area contributed by atoms with Crippen LogP contribution in [0.1, 0.15) is 43.2 Å². The Morgan fingerprint density at radius 2 is 1.71 bits per heavy atom. The summed E-state index contributed by atoms with van der Waals surface area (Å²) in [6, 6.07) is 15.3. The molecule has 1 fully saturated rings. The number of hydrogen-bond acceptors (Lipinski definition) is 4. The predicted molar refractivity (Wildman–Crippen MR) is 115 cm³/mol. The van der Waals surface area contributed by atoms with Crippen molar-refractivity contribution in [1.29, 1.82) is 0 Å². The summed E-state index contributed by atoms with van der Waals surface area (Å²) in [5.41, 5.74) is 3.68. The Hall–Kier alpha value is -2.20. The summed E-state index contributed by atoms with van der Waals surface area (Å²) in [6.07, 6.45) is 7.36. The number of nitrogens with one attached hydrogen (secondary N) is 1. The number of hydrogen-bond donors (Lipinski definition) is 1. The van der Waals surface area contributed by atoms with Crippen molar-refractivity contribution in [2.45, 2.75) is 51.5 Å². The first-order chi connectivity index (χ1) is 13.7. The monoisotopic (exact) mass is 383 g/mol. The summed E-state index contributed by atoms with van der Waals surface area (Å²) < 4.78 is 17.1. The average Bonchev–Trinajstić information content (AvgIpc) is 2.70. The molecule has 0 amide bonds. The first-order valence-corrected chi connectivity index (χ1v) is 10.5. The molecule has 28 heavy (non-hydrogen) atoms. The van der Waals surface area contributed by atoms with Gasteiger partial charge in [-0.25, -0.2) is 0 Å². The van der Waals surface area contributed by atoms with Gasteiger partial charge in [-0.2, -0.15) is 0 Å². The quantitative estimate of drug-likeness (QED) is 0.559. The fourth-order valence-corrected chi connectivity index (χ4v) is 3.69. The molecule has 0 saturated heterocycles. The van der Waals surface area contributed by atoms with E-state index in [-0.39, 0.29) is 0 Å². The molecular formula is C24H33NO3. The van der Waals surface area contributed by atoms with Gasteiger partial charge in [-0.1, -0.05) is 49.1 Å². The zero-order valence-electron chi connectivity index (χ0n) is 17.2. The average molecular weight is 384 g/mol. The van der Waals surface area contributed by atoms with Crippen LogP contribution < -0.4 is 14.8 Å². The van der Waals surface area contributed by atoms with Gasteiger partial charge in [0, 0.05) is 31.3 Å². The van der Waals surface area contributed by atoms with E-state index in [1.165, 1.54) is 43.2 Å². The lowest BCUT2D eigenvalue weighted by Gasteiger charge is -2.24. The molecule has 4 heteroatoms. The maximum Gasteiger partial charge on any atom is 0.163 e. The number of benzene rings is 2. The van der Waals surface area contributed by atoms with Crippen molar-refractivity contribution < 1.29 is 14.2 Å². The van der Waals surface area contributed by atoms with Gasteiger partial charge in [0.05, 0.1) is 13.2 Å². The lowest BCUT2D eigenvalue weighted by Crippen LogP contribution is -2.22. The zero-order valence-corrected chi connectivity index (χ0v) is 17.2. The van der Waals surface area contributed by atoms with E-state index in [4.69, 9.17) is 14.2 Å². The highest BCUT2D eigenvalue weighted by Crippen LogP contribution is 2.32. The van der Waals surface area contributed by atoms with Crippen molar-refractivity contribution in [3.8, 4) is 11.5 Å². The molecule has 0 bridgehead atoms. The van der Waals surface area contributed by atoms with E-state index < -0.39 is 0 Å². The van der Waals surface area contributed by atoms with Crippen LogP contribution in [-0.4, -0.2) is 33.0 Å². The van der Waals surface area contributed by atoms with E-state index in [1.807, 2.05) is 6.07 Å². The Morgan fingerprint density at radius 3 is 2.50 bits per heavy atom. The topological polar surface area (TPSA) is 39.7 Å². The lowest BCUT2D eigenvalue weighted by atomic mass is 9.95. The largest absolute Gasteiger partial charge is 0.489 e. The molecule has 152 valence electrons. The summed E-state index contributed by atoms with van der Waals surface area (Å²) in [5.74, 6) is 1.57. The van der Waals surface area contributed by atoms with Gasteiger partial charge in [-0.3, -0.25) is 0 Å². The molecular weight excluding hydrogens is 350 g/mol. The number of anilines is 1. The predicted octanol–water partition coefficient (Wildman–Crippen LogP) is 5.39. The summed E-state index contributed by atoms with van der Waals surface area (Å²) >= 11 is 0. The Kier molecular flexibility index (Phi) is 8.04. The van der Waals surface area contributed by atoms with Gasteiger partial charge in [-0.05, 0) is 37.5 Å². The summed E-state index contributed by atoms with van der Waals surface area (Å²) in [7, 11) is 1.68. The molecule has 0 aliphatic heterocycles. The van der Waals surface area contributed by atoms with Crippen LogP contribution in [0.2, 0.25) is 0 Å². The van der Waals surface area contributed by atoms with Crippen LogP contribution in [0.15, 0.2) is 42.5 Å². The first-order valence-electron chi connectivity index (χ1n) is 10.5. The maximum absolute atomic E-state index is 6.14. The van der Waals surface area contributed by atoms with Gasteiger partial charge >= 0.3 is 0 Å². The molecule has 1 aliphatic carbocycles. The highest BCUT2D eigenvalue weighted by Gasteiger charge is 2.14. The molecule has 1 N–H and O–H groups in total. The molecule has 2 aromatic rings. The number of aryl methyl sites for hydroxylation is 1. The smallest absolute Gasteiger partial charge is 0.163 e. The first kappa shape index (κ1) is 20.5. The van der Waals surface area contributed by atoms with E-state index in [2.05, 4.69) is 48.6 Å². The Bertz CT molecular complexity index is 726. The number of rotatable bonds is 10. The second-order valence-electron chi connectivity index (χ2n) is 7.57. The van der Waals surface area contributed by atoms with Crippen molar-refractivity contribution >= 4 is 5.69 Å². The Labute approximate surface area is 169 Å². The third kappa shape index (κ3) is 6.45. The molecule has 0 radical (unpaired) electrons. The van der Waals surface area contributed by atoms with Gasteiger partial charge in [-0.15, -0.1) is 0 Å². The fraction of sp³-hybridized carbons (Fsp3) is 0.500. The summed E-state index contributed by atoms with van der Waals surface area (Å²) in [4.78, 5) is 0. The molecule has 0 heterocycles. The molecule has 1 aliphatic rings. The molecule has 4 nitrogen and oxygen atoms in total. The standard InChI is InChI=1S/C24H33NO3/c1-19-7-6-8-20(17-19)13-14-27-24-18-22(25-21-9-4-3-5-10-21)11-12-23(24)28-16-15-26-2/h6-8,11-12,17-18,21,25H,3-5,9-10,13-16H2,1-2H3. The molecule has 0 spiro atoms. The lowest BCUT2D eigenvalue weighted by molar-refractivity contribution is 0.143. The fourth-order valence-electron chi connectivity index (χ4n) is 3.69. The van der Waals surface area contributed by atoms with Crippen LogP contribution in [0, 0.1) is 6.92 Å². The van der Waals surface area contributed by atoms with Gasteiger partial charge in [0.2, 0.25) is 0 Å². The summed E-state index contributed by atoms with van der Waals surface area (Å²) in [5, 5.41) is 3.67. The maximum atomic E-state index is 6.14. The molecule has 0 atom stereocenters. The van der Waals surface area contributed by atoms with Crippen LogP contribution in [0.4, 0.5) is 5.69 Å². The van der Waals surface area contributed by atoms with Crippen molar-refractivity contribution in [3.63, 3.8) is 0 Å². The van der Waals surface area contributed by atoms with Crippen LogP contribution in [0.3, 0.4) is 0 Å². The highest BCUT2D eigenvalue weighted by atomic mass is 16.5. The molecule has 1 saturated carbocycles. The minimum atomic E-state index is 0.514. The van der Waals surface area contributed by atoms with Gasteiger partial charge in [0.1, 0.15) is 6.61 Å². The molecule has 3 rings (SSSR count). The molecule has 2 aromatic carbocycles. The Balaban J connectivity index is 1.64. The van der Waals surface area contributed by atoms with Crippen LogP contribution in [0.5, 0.6) is 11.5 Å². The summed E-state index contributed by atoms with van der Waals surface area (Å²) in [6.45, 7) is 3.81. The second-order valence-corrected chi connectivity index (χ2v) is 7.57. The third-order valence-electron chi connectivity index (χ3n) is 5.20. The van der Waals surface area contributed by atoms with E-state index in [0.717, 1.165) is 23.6 Å². The van der Waals surface area contributed by atoms with Gasteiger partial charge < -0.3 is 19.5 Å².